The van der Waals surface area contributed by atoms with Crippen LogP contribution in [-0.4, -0.2) is 61.0 Å². The van der Waals surface area contributed by atoms with E-state index in [4.69, 9.17) is 16.6 Å². The third-order valence-corrected chi connectivity index (χ3v) is 7.98. The number of piperazine rings is 1. The van der Waals surface area contributed by atoms with Gasteiger partial charge in [-0.3, -0.25) is 4.79 Å². The van der Waals surface area contributed by atoms with Gasteiger partial charge in [-0.1, -0.05) is 58.0 Å². The highest BCUT2D eigenvalue weighted by molar-refractivity contribution is 6.33. The summed E-state index contributed by atoms with van der Waals surface area (Å²) >= 11 is 6.79. The summed E-state index contributed by atoms with van der Waals surface area (Å²) < 4.78 is 16.4. The molecule has 1 aliphatic heterocycles. The third-order valence-electron chi connectivity index (χ3n) is 7.69. The van der Waals surface area contributed by atoms with Crippen molar-refractivity contribution in [2.45, 2.75) is 52.0 Å². The summed E-state index contributed by atoms with van der Waals surface area (Å²) in [5, 5.41) is 10.1. The van der Waals surface area contributed by atoms with Crippen LogP contribution in [0.5, 0.6) is 0 Å². The highest BCUT2D eigenvalue weighted by atomic mass is 35.5. The first-order valence-electron chi connectivity index (χ1n) is 14.4. The number of rotatable bonds is 7. The number of nitriles is 1. The fourth-order valence-corrected chi connectivity index (χ4v) is 5.86. The first-order valence-corrected chi connectivity index (χ1v) is 14.7. The Morgan fingerprint density at radius 3 is 2.45 bits per heavy atom. The standard InChI is InChI=1S/C32H32ClFN8O2/c1-6-25(43)41-14-13-40(16-20(41)11-12-35)30-22-15-23(33)28(21-9-7-8-10-24(21)34)38-31(22)42(32(44)39-30)29-26(18(2)3)36-17-37-27(29)19(4)5/h6-10,15,17-20H,1,11,13-14,16H2,2-5H3/t20-/m0/s1. The Morgan fingerprint density at radius 2 is 1.84 bits per heavy atom. The van der Waals surface area contributed by atoms with Crippen molar-refractivity contribution < 1.29 is 9.18 Å². The molecule has 1 fully saturated rings. The van der Waals surface area contributed by atoms with Crippen molar-refractivity contribution in [3.05, 3.63) is 82.0 Å². The molecule has 4 aromatic rings. The first kappa shape index (κ1) is 30.8. The number of anilines is 1. The number of carbonyl (C=O) groups excluding carboxylic acids is 1. The number of benzene rings is 1. The Labute approximate surface area is 259 Å². The van der Waals surface area contributed by atoms with Crippen molar-refractivity contribution in [1.29, 1.82) is 5.26 Å². The quantitative estimate of drug-likeness (QED) is 0.254. The molecule has 3 aromatic heterocycles. The zero-order valence-electron chi connectivity index (χ0n) is 25.0. The molecule has 0 spiro atoms. The predicted octanol–water partition coefficient (Wildman–Crippen LogP) is 5.39. The van der Waals surface area contributed by atoms with Crippen LogP contribution in [0, 0.1) is 17.1 Å². The molecule has 10 nitrogen and oxygen atoms in total. The third kappa shape index (κ3) is 5.53. The highest BCUT2D eigenvalue weighted by Gasteiger charge is 2.32. The van der Waals surface area contributed by atoms with Crippen LogP contribution in [0.1, 0.15) is 57.3 Å². The molecule has 1 aromatic carbocycles. The van der Waals surface area contributed by atoms with Gasteiger partial charge in [0, 0.05) is 25.2 Å². The van der Waals surface area contributed by atoms with Crippen molar-refractivity contribution in [2.24, 2.45) is 0 Å². The Balaban J connectivity index is 1.83. The van der Waals surface area contributed by atoms with Gasteiger partial charge in [-0.05, 0) is 36.1 Å². The molecule has 4 heterocycles. The van der Waals surface area contributed by atoms with Gasteiger partial charge in [-0.25, -0.2) is 28.7 Å². The maximum absolute atomic E-state index is 15.0. The van der Waals surface area contributed by atoms with E-state index in [-0.39, 0.29) is 52.6 Å². The normalized spacial score (nSPS) is 15.2. The first-order chi connectivity index (χ1) is 21.1. The van der Waals surface area contributed by atoms with Crippen molar-refractivity contribution in [2.75, 3.05) is 24.5 Å². The fraction of sp³-hybridized carbons (Fsp3) is 0.344. The van der Waals surface area contributed by atoms with Gasteiger partial charge in [0.25, 0.3) is 0 Å². The average Bonchev–Trinajstić information content (AvgIpc) is 3.00. The number of carbonyl (C=O) groups is 1. The fourth-order valence-electron chi connectivity index (χ4n) is 5.61. The molecular weight excluding hydrogens is 583 g/mol. The SMILES string of the molecule is C=CC(=O)N1CCN(c2nc(=O)n(-c3c(C(C)C)ncnc3C(C)C)c3nc(-c4ccccc4F)c(Cl)cc23)C[C@@H]1CC#N. The van der Waals surface area contributed by atoms with E-state index in [1.54, 1.807) is 29.2 Å². The Bertz CT molecular complexity index is 1840. The lowest BCUT2D eigenvalue weighted by Crippen LogP contribution is -2.55. The van der Waals surface area contributed by atoms with E-state index in [1.165, 1.54) is 23.0 Å². The lowest BCUT2D eigenvalue weighted by atomic mass is 10.0. The topological polar surface area (TPSA) is 121 Å². The summed E-state index contributed by atoms with van der Waals surface area (Å²) in [7, 11) is 0. The van der Waals surface area contributed by atoms with E-state index < -0.39 is 17.5 Å². The number of fused-ring (bicyclic) bond motifs is 1. The number of hydrogen-bond acceptors (Lipinski definition) is 8. The number of nitrogens with zero attached hydrogens (tertiary/aromatic N) is 8. The van der Waals surface area contributed by atoms with Crippen LogP contribution in [0.2, 0.25) is 5.02 Å². The molecule has 1 amide bonds. The molecule has 0 N–H and O–H groups in total. The summed E-state index contributed by atoms with van der Waals surface area (Å²) in [5.74, 6) is -0.636. The van der Waals surface area contributed by atoms with Gasteiger partial charge in [-0.15, -0.1) is 0 Å². The van der Waals surface area contributed by atoms with Crippen LogP contribution in [0.15, 0.2) is 54.1 Å². The second-order valence-electron chi connectivity index (χ2n) is 11.2. The molecule has 0 unspecified atom stereocenters. The summed E-state index contributed by atoms with van der Waals surface area (Å²) in [6.07, 6.45) is 2.79. The van der Waals surface area contributed by atoms with Gasteiger partial charge in [0.1, 0.15) is 18.0 Å². The van der Waals surface area contributed by atoms with Crippen molar-refractivity contribution >= 4 is 34.4 Å². The number of amides is 1. The van der Waals surface area contributed by atoms with Gasteiger partial charge >= 0.3 is 5.69 Å². The molecule has 0 radical (unpaired) electrons. The molecule has 1 aliphatic rings. The number of pyridine rings is 1. The predicted molar refractivity (Wildman–Crippen MR) is 167 cm³/mol. The molecule has 5 rings (SSSR count). The van der Waals surface area contributed by atoms with Crippen LogP contribution < -0.4 is 10.6 Å². The van der Waals surface area contributed by atoms with Gasteiger partial charge in [0.2, 0.25) is 5.91 Å². The number of aromatic nitrogens is 5. The van der Waals surface area contributed by atoms with Crippen LogP contribution in [-0.2, 0) is 4.79 Å². The largest absolute Gasteiger partial charge is 0.355 e. The van der Waals surface area contributed by atoms with E-state index in [0.717, 1.165) is 0 Å². The minimum atomic E-state index is -0.623. The van der Waals surface area contributed by atoms with Crippen molar-refractivity contribution in [3.63, 3.8) is 0 Å². The Kier molecular flexibility index (Phi) is 8.74. The van der Waals surface area contributed by atoms with Gasteiger partial charge in [0.15, 0.2) is 5.65 Å². The average molecular weight is 615 g/mol. The van der Waals surface area contributed by atoms with Crippen LogP contribution in [0.3, 0.4) is 0 Å². The van der Waals surface area contributed by atoms with E-state index in [2.05, 4.69) is 27.6 Å². The highest BCUT2D eigenvalue weighted by Crippen LogP contribution is 2.36. The van der Waals surface area contributed by atoms with Gasteiger partial charge in [0.05, 0.1) is 51.7 Å². The summed E-state index contributed by atoms with van der Waals surface area (Å²) in [5.41, 5.74) is 1.68. The zero-order chi connectivity index (χ0) is 31.7. The second kappa shape index (κ2) is 12.5. The maximum Gasteiger partial charge on any atom is 0.355 e. The summed E-state index contributed by atoms with van der Waals surface area (Å²) in [6, 6.07) is 9.48. The minimum absolute atomic E-state index is 0.0762. The number of hydrogen-bond donors (Lipinski definition) is 0. The van der Waals surface area contributed by atoms with Gasteiger partial charge in [-0.2, -0.15) is 10.2 Å². The molecule has 1 atom stereocenters. The summed E-state index contributed by atoms with van der Waals surface area (Å²) in [6.45, 7) is 12.3. The Hall–Kier alpha value is -4.69. The summed E-state index contributed by atoms with van der Waals surface area (Å²) in [4.78, 5) is 48.6. The maximum atomic E-state index is 15.0. The molecular formula is C32H32ClFN8O2. The lowest BCUT2D eigenvalue weighted by molar-refractivity contribution is -0.128. The van der Waals surface area contributed by atoms with E-state index >= 15 is 4.39 Å². The van der Waals surface area contributed by atoms with Crippen LogP contribution in [0.4, 0.5) is 10.2 Å². The lowest BCUT2D eigenvalue weighted by Gasteiger charge is -2.41. The van der Waals surface area contributed by atoms with E-state index in [9.17, 15) is 14.9 Å². The number of halogens is 2. The monoisotopic (exact) mass is 614 g/mol. The molecule has 0 bridgehead atoms. The van der Waals surface area contributed by atoms with E-state index in [1.807, 2.05) is 32.6 Å². The molecule has 1 saturated heterocycles. The van der Waals surface area contributed by atoms with Crippen LogP contribution in [0.25, 0.3) is 28.0 Å². The smallest absolute Gasteiger partial charge is 0.352 e. The van der Waals surface area contributed by atoms with Gasteiger partial charge < -0.3 is 9.80 Å². The Morgan fingerprint density at radius 1 is 1.16 bits per heavy atom. The second-order valence-corrected chi connectivity index (χ2v) is 11.6. The molecule has 44 heavy (non-hydrogen) atoms. The van der Waals surface area contributed by atoms with Crippen molar-refractivity contribution in [3.8, 4) is 23.0 Å². The van der Waals surface area contributed by atoms with Crippen LogP contribution >= 0.6 is 11.6 Å². The molecule has 226 valence electrons. The molecule has 0 saturated carbocycles. The molecule has 12 heteroatoms. The zero-order valence-corrected chi connectivity index (χ0v) is 25.7. The minimum Gasteiger partial charge on any atom is -0.352 e. The van der Waals surface area contributed by atoms with E-state index in [0.29, 0.717) is 41.4 Å². The van der Waals surface area contributed by atoms with Crippen molar-refractivity contribution in [1.82, 2.24) is 29.4 Å². The molecule has 0 aliphatic carbocycles.